The van der Waals surface area contributed by atoms with Crippen LogP contribution in [-0.4, -0.2) is 17.0 Å². The molecule has 1 unspecified atom stereocenters. The van der Waals surface area contributed by atoms with Crippen molar-refractivity contribution in [3.8, 4) is 0 Å². The molecule has 23 heavy (non-hydrogen) atoms. The summed E-state index contributed by atoms with van der Waals surface area (Å²) < 4.78 is 0. The first-order valence-electron chi connectivity index (χ1n) is 7.32. The summed E-state index contributed by atoms with van der Waals surface area (Å²) in [4.78, 5) is 23.2. The number of carboxylic acid groups (broad SMARTS) is 1. The summed E-state index contributed by atoms with van der Waals surface area (Å²) in [6, 6.07) is 16.5. The third-order valence-electron chi connectivity index (χ3n) is 3.53. The fraction of sp³-hybridized carbons (Fsp3) is 0.222. The highest BCUT2D eigenvalue weighted by molar-refractivity contribution is 6.30. The maximum atomic E-state index is 12.1. The molecule has 2 aromatic carbocycles. The molecular formula is C18H18ClNO3. The third kappa shape index (κ3) is 5.75. The molecule has 0 radical (unpaired) electrons. The summed E-state index contributed by atoms with van der Waals surface area (Å²) >= 11 is 5.82. The van der Waals surface area contributed by atoms with Crippen LogP contribution in [0.5, 0.6) is 0 Å². The second-order valence-corrected chi connectivity index (χ2v) is 5.75. The van der Waals surface area contributed by atoms with E-state index in [1.807, 2.05) is 42.5 Å². The topological polar surface area (TPSA) is 66.4 Å². The summed E-state index contributed by atoms with van der Waals surface area (Å²) in [5.74, 6) is -1.42. The average molecular weight is 332 g/mol. The molecule has 4 nitrogen and oxygen atoms in total. The Kier molecular flexibility index (Phi) is 6.18. The lowest BCUT2D eigenvalue weighted by molar-refractivity contribution is -0.137. The van der Waals surface area contributed by atoms with Gasteiger partial charge in [0.1, 0.15) is 0 Å². The molecule has 0 heterocycles. The zero-order valence-electron chi connectivity index (χ0n) is 12.5. The maximum absolute atomic E-state index is 12.1. The monoisotopic (exact) mass is 331 g/mol. The molecule has 0 saturated heterocycles. The van der Waals surface area contributed by atoms with Crippen LogP contribution in [0.25, 0.3) is 0 Å². The van der Waals surface area contributed by atoms with Crippen LogP contribution in [0.2, 0.25) is 5.02 Å². The summed E-state index contributed by atoms with van der Waals surface area (Å²) in [6.07, 6.45) is 0.0717. The minimum absolute atomic E-state index is 0.0711. The zero-order chi connectivity index (χ0) is 16.7. The summed E-state index contributed by atoms with van der Waals surface area (Å²) in [7, 11) is 0. The van der Waals surface area contributed by atoms with Crippen molar-refractivity contribution >= 4 is 23.5 Å². The highest BCUT2D eigenvalue weighted by Crippen LogP contribution is 2.23. The quantitative estimate of drug-likeness (QED) is 0.814. The van der Waals surface area contributed by atoms with Crippen LogP contribution in [-0.2, 0) is 16.1 Å². The van der Waals surface area contributed by atoms with Gasteiger partial charge in [0.15, 0.2) is 0 Å². The lowest BCUT2D eigenvalue weighted by Gasteiger charge is -2.15. The van der Waals surface area contributed by atoms with E-state index in [-0.39, 0.29) is 24.7 Å². The Morgan fingerprint density at radius 3 is 2.26 bits per heavy atom. The maximum Gasteiger partial charge on any atom is 0.303 e. The van der Waals surface area contributed by atoms with E-state index < -0.39 is 5.97 Å². The van der Waals surface area contributed by atoms with Crippen LogP contribution in [0.15, 0.2) is 54.6 Å². The molecule has 2 N–H and O–H groups in total. The van der Waals surface area contributed by atoms with Crippen LogP contribution in [0, 0.1) is 0 Å². The van der Waals surface area contributed by atoms with Crippen molar-refractivity contribution in [1.82, 2.24) is 5.32 Å². The molecule has 120 valence electrons. The first kappa shape index (κ1) is 17.0. The van der Waals surface area contributed by atoms with E-state index in [1.54, 1.807) is 12.1 Å². The number of rotatable bonds is 7. The fourth-order valence-electron chi connectivity index (χ4n) is 2.34. The number of benzene rings is 2. The van der Waals surface area contributed by atoms with E-state index in [9.17, 15) is 9.59 Å². The van der Waals surface area contributed by atoms with Crippen molar-refractivity contribution in [2.45, 2.75) is 25.3 Å². The van der Waals surface area contributed by atoms with Crippen LogP contribution in [0.4, 0.5) is 0 Å². The van der Waals surface area contributed by atoms with E-state index >= 15 is 0 Å². The van der Waals surface area contributed by atoms with Gasteiger partial charge < -0.3 is 10.4 Å². The average Bonchev–Trinajstić information content (AvgIpc) is 2.54. The number of carboxylic acids is 1. The zero-order valence-corrected chi connectivity index (χ0v) is 13.3. The third-order valence-corrected chi connectivity index (χ3v) is 3.78. The Balaban J connectivity index is 1.94. The number of carbonyl (C=O) groups is 2. The molecule has 5 heteroatoms. The van der Waals surface area contributed by atoms with E-state index in [2.05, 4.69) is 5.32 Å². The lowest BCUT2D eigenvalue weighted by Crippen LogP contribution is -2.25. The summed E-state index contributed by atoms with van der Waals surface area (Å²) in [6.45, 7) is 0.393. The largest absolute Gasteiger partial charge is 0.481 e. The molecule has 1 amide bonds. The fourth-order valence-corrected chi connectivity index (χ4v) is 2.47. The SMILES string of the molecule is O=C(O)CC(CC(=O)NCc1ccc(Cl)cc1)c1ccccc1. The number of hydrogen-bond donors (Lipinski definition) is 2. The number of nitrogens with one attached hydrogen (secondary N) is 1. The molecule has 2 rings (SSSR count). The van der Waals surface area contributed by atoms with Gasteiger partial charge in [-0.25, -0.2) is 0 Å². The highest BCUT2D eigenvalue weighted by atomic mass is 35.5. The number of hydrogen-bond acceptors (Lipinski definition) is 2. The van der Waals surface area contributed by atoms with Gasteiger partial charge in [-0.2, -0.15) is 0 Å². The van der Waals surface area contributed by atoms with Crippen LogP contribution in [0.1, 0.15) is 29.9 Å². The van der Waals surface area contributed by atoms with Crippen molar-refractivity contribution in [1.29, 1.82) is 0 Å². The van der Waals surface area contributed by atoms with E-state index in [4.69, 9.17) is 16.7 Å². The molecule has 2 aromatic rings. The van der Waals surface area contributed by atoms with E-state index in [0.29, 0.717) is 11.6 Å². The Labute approximate surface area is 140 Å². The van der Waals surface area contributed by atoms with Gasteiger partial charge in [0, 0.05) is 23.9 Å². The van der Waals surface area contributed by atoms with Crippen LogP contribution < -0.4 is 5.32 Å². The number of amides is 1. The second-order valence-electron chi connectivity index (χ2n) is 5.31. The van der Waals surface area contributed by atoms with E-state index in [1.165, 1.54) is 0 Å². The molecular weight excluding hydrogens is 314 g/mol. The Morgan fingerprint density at radius 1 is 1.00 bits per heavy atom. The van der Waals surface area contributed by atoms with Gasteiger partial charge in [0.2, 0.25) is 5.91 Å². The number of carbonyl (C=O) groups excluding carboxylic acids is 1. The molecule has 0 aliphatic carbocycles. The highest BCUT2D eigenvalue weighted by Gasteiger charge is 2.19. The minimum Gasteiger partial charge on any atom is -0.481 e. The molecule has 0 aliphatic rings. The molecule has 0 bridgehead atoms. The molecule has 0 spiro atoms. The minimum atomic E-state index is -0.913. The van der Waals surface area contributed by atoms with Crippen molar-refractivity contribution in [3.63, 3.8) is 0 Å². The Morgan fingerprint density at radius 2 is 1.65 bits per heavy atom. The molecule has 0 aromatic heterocycles. The first-order chi connectivity index (χ1) is 11.0. The molecule has 0 fully saturated rings. The molecule has 0 saturated carbocycles. The van der Waals surface area contributed by atoms with Gasteiger partial charge in [-0.15, -0.1) is 0 Å². The normalized spacial score (nSPS) is 11.7. The van der Waals surface area contributed by atoms with Gasteiger partial charge >= 0.3 is 5.97 Å². The van der Waals surface area contributed by atoms with Crippen molar-refractivity contribution < 1.29 is 14.7 Å². The lowest BCUT2D eigenvalue weighted by atomic mass is 9.92. The van der Waals surface area contributed by atoms with Gasteiger partial charge in [0.25, 0.3) is 0 Å². The van der Waals surface area contributed by atoms with Gasteiger partial charge in [0.05, 0.1) is 6.42 Å². The van der Waals surface area contributed by atoms with Gasteiger partial charge in [-0.05, 0) is 23.3 Å². The number of aliphatic carboxylic acids is 1. The van der Waals surface area contributed by atoms with Crippen molar-refractivity contribution in [2.24, 2.45) is 0 Å². The summed E-state index contributed by atoms with van der Waals surface area (Å²) in [5.41, 5.74) is 1.80. The van der Waals surface area contributed by atoms with Gasteiger partial charge in [-0.1, -0.05) is 54.1 Å². The van der Waals surface area contributed by atoms with Crippen molar-refractivity contribution in [3.05, 3.63) is 70.7 Å². The molecule has 0 aliphatic heterocycles. The summed E-state index contributed by atoms with van der Waals surface area (Å²) in [5, 5.41) is 12.5. The second kappa shape index (κ2) is 8.34. The first-order valence-corrected chi connectivity index (χ1v) is 7.70. The Hall–Kier alpha value is -2.33. The predicted molar refractivity (Wildman–Crippen MR) is 89.4 cm³/mol. The predicted octanol–water partition coefficient (Wildman–Crippen LogP) is 3.60. The van der Waals surface area contributed by atoms with Crippen molar-refractivity contribution in [2.75, 3.05) is 0 Å². The molecule has 1 atom stereocenters. The van der Waals surface area contributed by atoms with Crippen LogP contribution >= 0.6 is 11.6 Å². The van der Waals surface area contributed by atoms with Crippen LogP contribution in [0.3, 0.4) is 0 Å². The Bertz CT molecular complexity index is 656. The smallest absolute Gasteiger partial charge is 0.303 e. The number of halogens is 1. The standard InChI is InChI=1S/C18H18ClNO3/c19-16-8-6-13(7-9-16)12-20-17(21)10-15(11-18(22)23)14-4-2-1-3-5-14/h1-9,15H,10-12H2,(H,20,21)(H,22,23). The van der Waals surface area contributed by atoms with E-state index in [0.717, 1.165) is 11.1 Å². The van der Waals surface area contributed by atoms with Gasteiger partial charge in [-0.3, -0.25) is 9.59 Å².